The van der Waals surface area contributed by atoms with E-state index in [9.17, 15) is 23.2 Å². The van der Waals surface area contributed by atoms with Crippen molar-refractivity contribution in [2.75, 3.05) is 5.32 Å². The molecule has 3 rings (SSSR count). The van der Waals surface area contributed by atoms with Crippen molar-refractivity contribution >= 4 is 11.7 Å². The fraction of sp³-hybridized carbons (Fsp3) is 0.0625. The Bertz CT molecular complexity index is 1170. The minimum Gasteiger partial charge on any atom is -0.309 e. The Labute approximate surface area is 149 Å². The molecule has 0 fully saturated rings. The van der Waals surface area contributed by atoms with Gasteiger partial charge in [0.05, 0.1) is 11.9 Å². The molecule has 0 unspecified atom stereocenters. The summed E-state index contributed by atoms with van der Waals surface area (Å²) in [5.74, 6) is -2.35. The van der Waals surface area contributed by atoms with Crippen molar-refractivity contribution < 1.29 is 13.6 Å². The summed E-state index contributed by atoms with van der Waals surface area (Å²) in [5.41, 5.74) is -1.78. The molecule has 2 aromatic heterocycles. The van der Waals surface area contributed by atoms with Crippen LogP contribution >= 0.6 is 0 Å². The van der Waals surface area contributed by atoms with Crippen LogP contribution in [0.1, 0.15) is 5.69 Å². The molecule has 0 saturated heterocycles. The number of aromatic nitrogens is 4. The molecule has 3 aromatic rings. The molecule has 1 amide bonds. The summed E-state index contributed by atoms with van der Waals surface area (Å²) in [7, 11) is 0. The van der Waals surface area contributed by atoms with Crippen molar-refractivity contribution in [3.8, 4) is 11.8 Å². The topological polar surface area (TPSA) is 126 Å². The fourth-order valence-corrected chi connectivity index (χ4v) is 2.24. The first-order valence-corrected chi connectivity index (χ1v) is 7.42. The molecule has 0 radical (unpaired) electrons. The van der Waals surface area contributed by atoms with Crippen LogP contribution in [0.15, 0.2) is 46.1 Å². The summed E-state index contributed by atoms with van der Waals surface area (Å²) >= 11 is 0. The van der Waals surface area contributed by atoms with Crippen LogP contribution in [-0.4, -0.2) is 25.2 Å². The number of amides is 1. The van der Waals surface area contributed by atoms with Crippen LogP contribution < -0.4 is 16.6 Å². The summed E-state index contributed by atoms with van der Waals surface area (Å²) in [6, 6.07) is 8.22. The molecule has 27 heavy (non-hydrogen) atoms. The Morgan fingerprint density at radius 1 is 1.26 bits per heavy atom. The third-order valence-electron chi connectivity index (χ3n) is 3.44. The normalized spacial score (nSPS) is 10.4. The summed E-state index contributed by atoms with van der Waals surface area (Å²) in [6.07, 6.45) is 0.610. The lowest BCUT2D eigenvalue weighted by Crippen LogP contribution is -2.34. The van der Waals surface area contributed by atoms with E-state index in [1.807, 2.05) is 6.07 Å². The van der Waals surface area contributed by atoms with Crippen LogP contribution in [0.25, 0.3) is 5.69 Å². The van der Waals surface area contributed by atoms with Crippen LogP contribution in [0.5, 0.6) is 0 Å². The first-order valence-electron chi connectivity index (χ1n) is 7.42. The van der Waals surface area contributed by atoms with E-state index in [0.29, 0.717) is 16.5 Å². The molecule has 136 valence electrons. The predicted octanol–water partition coefficient (Wildman–Crippen LogP) is 0.511. The van der Waals surface area contributed by atoms with E-state index in [1.165, 1.54) is 35.0 Å². The van der Waals surface area contributed by atoms with Crippen LogP contribution in [0, 0.1) is 23.0 Å². The summed E-state index contributed by atoms with van der Waals surface area (Å²) < 4.78 is 28.3. The SMILES string of the molecule is N#Cc1cc(NC(=O)Cn2cc(F)c(=O)[nH]c2=O)n(-c2ccc(F)cc2)n1. The highest BCUT2D eigenvalue weighted by atomic mass is 19.1. The summed E-state index contributed by atoms with van der Waals surface area (Å²) in [5, 5.41) is 15.4. The van der Waals surface area contributed by atoms with E-state index in [0.717, 1.165) is 0 Å². The van der Waals surface area contributed by atoms with Gasteiger partial charge in [-0.2, -0.15) is 14.8 Å². The molecular formula is C16H10F2N6O3. The smallest absolute Gasteiger partial charge is 0.309 e. The average Bonchev–Trinajstić information content (AvgIpc) is 3.03. The third kappa shape index (κ3) is 3.79. The predicted molar refractivity (Wildman–Crippen MR) is 88.1 cm³/mol. The number of H-pyrrole nitrogens is 1. The van der Waals surface area contributed by atoms with Crippen LogP contribution in [0.4, 0.5) is 14.6 Å². The van der Waals surface area contributed by atoms with Crippen molar-refractivity contribution in [3.05, 3.63) is 74.7 Å². The number of halogens is 2. The second-order valence-electron chi connectivity index (χ2n) is 5.33. The molecule has 0 spiro atoms. The minimum absolute atomic E-state index is 0.0122. The highest BCUT2D eigenvalue weighted by Gasteiger charge is 2.14. The number of hydrogen-bond acceptors (Lipinski definition) is 5. The zero-order valence-corrected chi connectivity index (χ0v) is 13.4. The van der Waals surface area contributed by atoms with Gasteiger partial charge in [0.15, 0.2) is 5.69 Å². The van der Waals surface area contributed by atoms with Crippen LogP contribution in [-0.2, 0) is 11.3 Å². The van der Waals surface area contributed by atoms with Gasteiger partial charge in [0.1, 0.15) is 24.2 Å². The van der Waals surface area contributed by atoms with Gasteiger partial charge in [-0.3, -0.25) is 19.1 Å². The quantitative estimate of drug-likeness (QED) is 0.690. The molecule has 2 heterocycles. The van der Waals surface area contributed by atoms with Gasteiger partial charge in [-0.15, -0.1) is 0 Å². The lowest BCUT2D eigenvalue weighted by molar-refractivity contribution is -0.116. The lowest BCUT2D eigenvalue weighted by Gasteiger charge is -2.09. The van der Waals surface area contributed by atoms with Crippen molar-refractivity contribution in [1.29, 1.82) is 5.26 Å². The van der Waals surface area contributed by atoms with E-state index >= 15 is 0 Å². The number of nitrogens with zero attached hydrogens (tertiary/aromatic N) is 4. The maximum Gasteiger partial charge on any atom is 0.328 e. The number of nitrogens with one attached hydrogen (secondary N) is 2. The van der Waals surface area contributed by atoms with Gasteiger partial charge in [0.2, 0.25) is 11.7 Å². The Hall–Kier alpha value is -4.07. The monoisotopic (exact) mass is 372 g/mol. The maximum absolute atomic E-state index is 13.3. The van der Waals surface area contributed by atoms with Gasteiger partial charge in [-0.1, -0.05) is 0 Å². The third-order valence-corrected chi connectivity index (χ3v) is 3.44. The molecule has 9 nitrogen and oxygen atoms in total. The first-order chi connectivity index (χ1) is 12.9. The fourth-order valence-electron chi connectivity index (χ4n) is 2.24. The maximum atomic E-state index is 13.3. The van der Waals surface area contributed by atoms with Crippen molar-refractivity contribution in [1.82, 2.24) is 19.3 Å². The van der Waals surface area contributed by atoms with Crippen molar-refractivity contribution in [3.63, 3.8) is 0 Å². The number of nitriles is 1. The number of rotatable bonds is 4. The second kappa shape index (κ2) is 7.04. The standard InChI is InChI=1S/C16H10F2N6O3/c17-9-1-3-11(4-2-9)24-13(5-10(6-19)22-24)20-14(25)8-23-7-12(18)15(26)21-16(23)27/h1-5,7H,8H2,(H,20,25)(H,21,26,27). The molecule has 1 aromatic carbocycles. The molecule has 0 aliphatic rings. The first kappa shape index (κ1) is 17.7. The molecule has 0 aliphatic carbocycles. The molecule has 0 atom stereocenters. The highest BCUT2D eigenvalue weighted by molar-refractivity contribution is 5.90. The summed E-state index contributed by atoms with van der Waals surface area (Å²) in [4.78, 5) is 36.6. The molecule has 11 heteroatoms. The number of carbonyl (C=O) groups is 1. The van der Waals surface area contributed by atoms with E-state index in [2.05, 4.69) is 10.4 Å². The number of benzene rings is 1. The molecule has 0 aliphatic heterocycles. The number of hydrogen-bond donors (Lipinski definition) is 2. The summed E-state index contributed by atoms with van der Waals surface area (Å²) in [6.45, 7) is -0.594. The zero-order chi connectivity index (χ0) is 19.6. The van der Waals surface area contributed by atoms with Gasteiger partial charge in [-0.05, 0) is 24.3 Å². The Morgan fingerprint density at radius 3 is 2.63 bits per heavy atom. The van der Waals surface area contributed by atoms with Gasteiger partial charge in [-0.25, -0.2) is 13.9 Å². The Balaban J connectivity index is 1.88. The van der Waals surface area contributed by atoms with Gasteiger partial charge < -0.3 is 5.32 Å². The molecule has 2 N–H and O–H groups in total. The van der Waals surface area contributed by atoms with Gasteiger partial charge in [0.25, 0.3) is 5.56 Å². The lowest BCUT2D eigenvalue weighted by atomic mass is 10.3. The number of carbonyl (C=O) groups excluding carboxylic acids is 1. The van der Waals surface area contributed by atoms with Crippen molar-refractivity contribution in [2.24, 2.45) is 0 Å². The van der Waals surface area contributed by atoms with E-state index in [-0.39, 0.29) is 11.5 Å². The molecule has 0 saturated carbocycles. The van der Waals surface area contributed by atoms with E-state index in [4.69, 9.17) is 5.26 Å². The highest BCUT2D eigenvalue weighted by Crippen LogP contribution is 2.17. The zero-order valence-electron chi connectivity index (χ0n) is 13.4. The molecule has 0 bridgehead atoms. The Kier molecular flexibility index (Phi) is 4.63. The van der Waals surface area contributed by atoms with Gasteiger partial charge in [0, 0.05) is 6.07 Å². The largest absolute Gasteiger partial charge is 0.328 e. The second-order valence-corrected chi connectivity index (χ2v) is 5.33. The minimum atomic E-state index is -1.22. The van der Waals surface area contributed by atoms with E-state index in [1.54, 1.807) is 4.98 Å². The van der Waals surface area contributed by atoms with Gasteiger partial charge >= 0.3 is 5.69 Å². The molecular weight excluding hydrogens is 362 g/mol. The van der Waals surface area contributed by atoms with Crippen LogP contribution in [0.3, 0.4) is 0 Å². The average molecular weight is 372 g/mol. The van der Waals surface area contributed by atoms with Crippen molar-refractivity contribution in [2.45, 2.75) is 6.54 Å². The number of anilines is 1. The Morgan fingerprint density at radius 2 is 1.96 bits per heavy atom. The number of aromatic amines is 1. The van der Waals surface area contributed by atoms with E-state index < -0.39 is 35.3 Å². The van der Waals surface area contributed by atoms with Crippen LogP contribution in [0.2, 0.25) is 0 Å².